The van der Waals surface area contributed by atoms with Crippen molar-refractivity contribution in [3.05, 3.63) is 105 Å². The van der Waals surface area contributed by atoms with Gasteiger partial charge in [-0.1, -0.05) is 23.7 Å². The first kappa shape index (κ1) is 20.1. The van der Waals surface area contributed by atoms with E-state index >= 15 is 0 Å². The Balaban J connectivity index is 1.54. The summed E-state index contributed by atoms with van der Waals surface area (Å²) in [6.07, 6.45) is 7.84. The second kappa shape index (κ2) is 8.00. The third-order valence-corrected chi connectivity index (χ3v) is 6.56. The van der Waals surface area contributed by atoms with Crippen LogP contribution in [-0.2, 0) is 12.8 Å². The van der Waals surface area contributed by atoms with Crippen LogP contribution in [0.5, 0.6) is 0 Å². The molecular weight excluding hydrogens is 410 g/mol. The van der Waals surface area contributed by atoms with Crippen molar-refractivity contribution >= 4 is 23.1 Å². The van der Waals surface area contributed by atoms with E-state index in [0.29, 0.717) is 18.4 Å². The van der Waals surface area contributed by atoms with Crippen molar-refractivity contribution in [3.63, 3.8) is 0 Å². The van der Waals surface area contributed by atoms with Gasteiger partial charge in [0.2, 0.25) is 0 Å². The van der Waals surface area contributed by atoms with Crippen molar-refractivity contribution in [1.29, 1.82) is 0 Å². The van der Waals surface area contributed by atoms with Gasteiger partial charge in [-0.3, -0.25) is 14.6 Å². The Labute approximate surface area is 186 Å². The zero-order chi connectivity index (χ0) is 21.4. The molecule has 31 heavy (non-hydrogen) atoms. The van der Waals surface area contributed by atoms with Crippen molar-refractivity contribution < 1.29 is 9.44 Å². The molecule has 1 amide bonds. The lowest BCUT2D eigenvalue weighted by Crippen LogP contribution is -2.51. The van der Waals surface area contributed by atoms with E-state index in [1.165, 1.54) is 16.7 Å². The summed E-state index contributed by atoms with van der Waals surface area (Å²) in [6.45, 7) is 0.455. The summed E-state index contributed by atoms with van der Waals surface area (Å²) < 4.78 is -0.830. The third-order valence-electron chi connectivity index (χ3n) is 6.33. The first-order chi connectivity index (χ1) is 15.0. The number of pyridine rings is 2. The highest BCUT2D eigenvalue weighted by atomic mass is 35.5. The molecule has 0 saturated carbocycles. The van der Waals surface area contributed by atoms with Crippen molar-refractivity contribution in [2.75, 3.05) is 13.1 Å². The molecule has 0 bridgehead atoms. The monoisotopic (exact) mass is 431 g/mol. The molecule has 5 nitrogen and oxygen atoms in total. The number of hydroxylamine groups is 3. The van der Waals surface area contributed by atoms with Gasteiger partial charge in [-0.05, 0) is 65.4 Å². The minimum absolute atomic E-state index is 0.227. The van der Waals surface area contributed by atoms with Gasteiger partial charge >= 0.3 is 5.91 Å². The Kier molecular flexibility index (Phi) is 5.18. The van der Waals surface area contributed by atoms with E-state index in [9.17, 15) is 10.0 Å². The van der Waals surface area contributed by atoms with E-state index in [1.54, 1.807) is 24.5 Å². The molecule has 1 aliphatic carbocycles. The number of nitrogens with zero attached hydrogens (tertiary/aromatic N) is 3. The number of fused-ring (bicyclic) bond motifs is 2. The maximum absolute atomic E-state index is 13.4. The Morgan fingerprint density at radius 3 is 2.45 bits per heavy atom. The summed E-state index contributed by atoms with van der Waals surface area (Å²) in [7, 11) is 0. The molecule has 6 heteroatoms. The lowest BCUT2D eigenvalue weighted by Gasteiger charge is -2.43. The van der Waals surface area contributed by atoms with Gasteiger partial charge in [0.25, 0.3) is 0 Å². The number of rotatable bonds is 1. The SMILES string of the molecule is O=C(c1ccncc1)[N+]1([O-])CCC(=C2c3ccc(Cl)cc3CCc3cccnc32)CC1. The number of likely N-dealkylation sites (tertiary alicyclic amines) is 1. The fourth-order valence-electron chi connectivity index (χ4n) is 4.68. The summed E-state index contributed by atoms with van der Waals surface area (Å²) >= 11 is 6.29. The van der Waals surface area contributed by atoms with Gasteiger partial charge in [-0.15, -0.1) is 0 Å². The zero-order valence-electron chi connectivity index (χ0n) is 17.1. The number of aromatic nitrogens is 2. The van der Waals surface area contributed by atoms with Gasteiger partial charge < -0.3 is 5.21 Å². The second-order valence-corrected chi connectivity index (χ2v) is 8.61. The van der Waals surface area contributed by atoms with Crippen LogP contribution in [0.25, 0.3) is 5.57 Å². The van der Waals surface area contributed by atoms with E-state index in [1.807, 2.05) is 24.4 Å². The molecule has 0 atom stereocenters. The predicted octanol–water partition coefficient (Wildman–Crippen LogP) is 4.98. The number of quaternary nitrogens is 1. The minimum atomic E-state index is -0.830. The van der Waals surface area contributed by atoms with Crippen LogP contribution >= 0.6 is 11.6 Å². The van der Waals surface area contributed by atoms with Crippen molar-refractivity contribution in [2.45, 2.75) is 25.7 Å². The van der Waals surface area contributed by atoms with Gasteiger partial charge in [0.05, 0.1) is 24.3 Å². The van der Waals surface area contributed by atoms with E-state index in [2.05, 4.69) is 17.1 Å². The van der Waals surface area contributed by atoms with Crippen molar-refractivity contribution in [2.24, 2.45) is 0 Å². The van der Waals surface area contributed by atoms with Gasteiger partial charge in [0.1, 0.15) is 0 Å². The summed E-state index contributed by atoms with van der Waals surface area (Å²) in [4.78, 5) is 21.6. The van der Waals surface area contributed by atoms with E-state index in [4.69, 9.17) is 16.6 Å². The maximum atomic E-state index is 13.4. The fraction of sp³-hybridized carbons (Fsp3) is 0.240. The molecule has 0 unspecified atom stereocenters. The molecule has 1 aliphatic heterocycles. The number of benzene rings is 1. The first-order valence-electron chi connectivity index (χ1n) is 10.5. The second-order valence-electron chi connectivity index (χ2n) is 8.17. The van der Waals surface area contributed by atoms with E-state index < -0.39 is 10.6 Å². The number of piperidine rings is 1. The van der Waals surface area contributed by atoms with Crippen LogP contribution in [0, 0.1) is 5.21 Å². The summed E-state index contributed by atoms with van der Waals surface area (Å²) in [5.41, 5.74) is 7.27. The van der Waals surface area contributed by atoms with Crippen LogP contribution < -0.4 is 0 Å². The Hall–Kier alpha value is -2.86. The molecule has 0 spiro atoms. The van der Waals surface area contributed by atoms with Crippen LogP contribution in [0.4, 0.5) is 0 Å². The highest BCUT2D eigenvalue weighted by Gasteiger charge is 2.34. The standard InChI is InChI=1S/C25H22ClN3O2/c26-21-5-6-22-20(16-21)4-3-18-2-1-11-28-24(18)23(22)17-9-14-29(31,15-10-17)25(30)19-7-12-27-13-8-19/h1-2,5-8,11-13,16H,3-4,9-10,14-15H2. The molecule has 3 heterocycles. The average Bonchev–Trinajstić information content (AvgIpc) is 2.96. The molecule has 3 aromatic rings. The van der Waals surface area contributed by atoms with Gasteiger partial charge in [0.15, 0.2) is 0 Å². The maximum Gasteiger partial charge on any atom is 0.345 e. The molecule has 1 saturated heterocycles. The summed E-state index contributed by atoms with van der Waals surface area (Å²) in [6, 6.07) is 13.3. The highest BCUT2D eigenvalue weighted by Crippen LogP contribution is 2.39. The number of hydrogen-bond acceptors (Lipinski definition) is 4. The molecule has 2 aromatic heterocycles. The molecule has 1 fully saturated rings. The minimum Gasteiger partial charge on any atom is -0.625 e. The third kappa shape index (κ3) is 3.69. The Bertz CT molecular complexity index is 1180. The van der Waals surface area contributed by atoms with Crippen LogP contribution in [0.2, 0.25) is 5.02 Å². The molecule has 0 radical (unpaired) electrons. The number of carbonyl (C=O) groups is 1. The van der Waals surface area contributed by atoms with Crippen molar-refractivity contribution in [3.8, 4) is 0 Å². The fourth-order valence-corrected chi connectivity index (χ4v) is 4.88. The highest BCUT2D eigenvalue weighted by molar-refractivity contribution is 6.30. The average molecular weight is 432 g/mol. The van der Waals surface area contributed by atoms with Crippen LogP contribution in [-0.4, -0.2) is 33.6 Å². The van der Waals surface area contributed by atoms with Crippen LogP contribution in [0.1, 0.15) is 45.6 Å². The molecule has 1 aromatic carbocycles. The molecule has 5 rings (SSSR count). The van der Waals surface area contributed by atoms with E-state index in [-0.39, 0.29) is 13.1 Å². The van der Waals surface area contributed by atoms with Crippen LogP contribution in [0.3, 0.4) is 0 Å². The van der Waals surface area contributed by atoms with Gasteiger partial charge in [-0.2, -0.15) is 0 Å². The number of aryl methyl sites for hydroxylation is 2. The van der Waals surface area contributed by atoms with Gasteiger partial charge in [0, 0.05) is 42.0 Å². The quantitative estimate of drug-likeness (QED) is 0.402. The number of halogens is 1. The number of amides is 1. The Morgan fingerprint density at radius 1 is 0.935 bits per heavy atom. The number of hydrogen-bond donors (Lipinski definition) is 0. The summed E-state index contributed by atoms with van der Waals surface area (Å²) in [5, 5.41) is 14.1. The summed E-state index contributed by atoms with van der Waals surface area (Å²) in [5.74, 6) is -0.391. The first-order valence-corrected chi connectivity index (χ1v) is 10.9. The molecule has 156 valence electrons. The topological polar surface area (TPSA) is 65.9 Å². The predicted molar refractivity (Wildman–Crippen MR) is 120 cm³/mol. The smallest absolute Gasteiger partial charge is 0.345 e. The molecular formula is C25H22ClN3O2. The van der Waals surface area contributed by atoms with Crippen molar-refractivity contribution in [1.82, 2.24) is 9.97 Å². The largest absolute Gasteiger partial charge is 0.625 e. The normalized spacial score (nSPS) is 20.6. The lowest BCUT2D eigenvalue weighted by atomic mass is 9.88. The molecule has 0 N–H and O–H groups in total. The number of carbonyl (C=O) groups excluding carboxylic acids is 1. The van der Waals surface area contributed by atoms with Gasteiger partial charge in [-0.25, -0.2) is 4.79 Å². The molecule has 2 aliphatic rings. The Morgan fingerprint density at radius 2 is 1.68 bits per heavy atom. The van der Waals surface area contributed by atoms with Crippen LogP contribution in [0.15, 0.2) is 66.6 Å². The van der Waals surface area contributed by atoms with E-state index in [0.717, 1.165) is 34.7 Å². The zero-order valence-corrected chi connectivity index (χ0v) is 17.8. The lowest BCUT2D eigenvalue weighted by molar-refractivity contribution is -0.801.